The monoisotopic (exact) mass is 264 g/mol. The smallest absolute Gasteiger partial charge is 0.340 e. The van der Waals surface area contributed by atoms with E-state index in [1.165, 1.54) is 4.68 Å². The van der Waals surface area contributed by atoms with Crippen LogP contribution in [0.25, 0.3) is 5.69 Å². The van der Waals surface area contributed by atoms with Gasteiger partial charge in [0.15, 0.2) is 0 Å². The maximum absolute atomic E-state index is 11.3. The van der Waals surface area contributed by atoms with Crippen LogP contribution < -0.4 is 0 Å². The summed E-state index contributed by atoms with van der Waals surface area (Å²) in [4.78, 5) is 11.3. The third-order valence-electron chi connectivity index (χ3n) is 2.62. The van der Waals surface area contributed by atoms with E-state index in [0.717, 1.165) is 5.69 Å². The Balaban J connectivity index is 2.64. The third kappa shape index (κ3) is 2.11. The molecule has 94 valence electrons. The zero-order valence-electron chi connectivity index (χ0n) is 10.1. The van der Waals surface area contributed by atoms with E-state index in [1.54, 1.807) is 0 Å². The minimum absolute atomic E-state index is 0.00133. The molecule has 4 nitrogen and oxygen atoms in total. The third-order valence-corrected chi connectivity index (χ3v) is 2.97. The Labute approximate surface area is 110 Å². The maximum Gasteiger partial charge on any atom is 0.340 e. The highest BCUT2D eigenvalue weighted by molar-refractivity contribution is 6.33. The molecule has 0 spiro atoms. The number of carboxylic acids is 1. The Morgan fingerprint density at radius 3 is 2.39 bits per heavy atom. The molecular weight excluding hydrogens is 252 g/mol. The van der Waals surface area contributed by atoms with Crippen molar-refractivity contribution in [3.63, 3.8) is 0 Å². The van der Waals surface area contributed by atoms with Crippen molar-refractivity contribution in [3.05, 3.63) is 46.7 Å². The number of hydrogen-bond donors (Lipinski definition) is 1. The summed E-state index contributed by atoms with van der Waals surface area (Å²) in [6, 6.07) is 9.23. The number of aromatic carboxylic acids is 1. The molecule has 1 aromatic carbocycles. The molecule has 2 rings (SSSR count). The number of nitrogens with zero attached hydrogens (tertiary/aromatic N) is 2. The summed E-state index contributed by atoms with van der Waals surface area (Å²) in [5, 5.41) is 13.7. The second-order valence-electron chi connectivity index (χ2n) is 4.26. The van der Waals surface area contributed by atoms with Crippen molar-refractivity contribution >= 4 is 17.6 Å². The lowest BCUT2D eigenvalue weighted by molar-refractivity contribution is 0.0695. The highest BCUT2D eigenvalue weighted by Gasteiger charge is 2.24. The van der Waals surface area contributed by atoms with Crippen molar-refractivity contribution in [1.82, 2.24) is 9.78 Å². The molecular formula is C13H13ClN2O2. The zero-order chi connectivity index (χ0) is 13.3. The molecule has 0 fully saturated rings. The number of halogens is 1. The van der Waals surface area contributed by atoms with Gasteiger partial charge >= 0.3 is 5.97 Å². The van der Waals surface area contributed by atoms with Crippen molar-refractivity contribution in [2.75, 3.05) is 0 Å². The average molecular weight is 265 g/mol. The van der Waals surface area contributed by atoms with Gasteiger partial charge < -0.3 is 5.11 Å². The van der Waals surface area contributed by atoms with Gasteiger partial charge in [0.25, 0.3) is 0 Å². The van der Waals surface area contributed by atoms with Crippen LogP contribution in [0.3, 0.4) is 0 Å². The second-order valence-corrected chi connectivity index (χ2v) is 4.62. The fourth-order valence-corrected chi connectivity index (χ4v) is 2.07. The Bertz CT molecular complexity index is 576. The van der Waals surface area contributed by atoms with Gasteiger partial charge in [0.2, 0.25) is 0 Å². The lowest BCUT2D eigenvalue weighted by atomic mass is 10.1. The topological polar surface area (TPSA) is 55.1 Å². The van der Waals surface area contributed by atoms with E-state index in [1.807, 2.05) is 44.2 Å². The normalized spacial score (nSPS) is 10.9. The summed E-state index contributed by atoms with van der Waals surface area (Å²) >= 11 is 6.12. The van der Waals surface area contributed by atoms with Crippen molar-refractivity contribution in [1.29, 1.82) is 0 Å². The molecule has 0 saturated heterocycles. The van der Waals surface area contributed by atoms with E-state index in [0.29, 0.717) is 5.69 Å². The van der Waals surface area contributed by atoms with Crippen molar-refractivity contribution < 1.29 is 9.90 Å². The van der Waals surface area contributed by atoms with Gasteiger partial charge in [-0.15, -0.1) is 0 Å². The summed E-state index contributed by atoms with van der Waals surface area (Å²) in [6.45, 7) is 3.78. The van der Waals surface area contributed by atoms with Gasteiger partial charge in [-0.2, -0.15) is 5.10 Å². The zero-order valence-corrected chi connectivity index (χ0v) is 10.8. The van der Waals surface area contributed by atoms with Gasteiger partial charge in [-0.25, -0.2) is 9.48 Å². The van der Waals surface area contributed by atoms with Crippen LogP contribution in [0.5, 0.6) is 0 Å². The standard InChI is InChI=1S/C13H13ClN2O2/c1-8(2)11-10(13(17)18)12(14)16(15-11)9-6-4-3-5-7-9/h3-8H,1-2H3,(H,17,18). The van der Waals surface area contributed by atoms with Gasteiger partial charge in [0, 0.05) is 0 Å². The van der Waals surface area contributed by atoms with E-state index >= 15 is 0 Å². The summed E-state index contributed by atoms with van der Waals surface area (Å²) in [6.07, 6.45) is 0. The van der Waals surface area contributed by atoms with Crippen LogP contribution in [0, 0.1) is 0 Å². The minimum atomic E-state index is -1.05. The van der Waals surface area contributed by atoms with E-state index in [4.69, 9.17) is 11.6 Å². The Hall–Kier alpha value is -1.81. The largest absolute Gasteiger partial charge is 0.478 e. The Morgan fingerprint density at radius 2 is 1.94 bits per heavy atom. The predicted octanol–water partition coefficient (Wildman–Crippen LogP) is 3.35. The molecule has 1 N–H and O–H groups in total. The highest BCUT2D eigenvalue weighted by atomic mass is 35.5. The second kappa shape index (κ2) is 4.82. The Morgan fingerprint density at radius 1 is 1.33 bits per heavy atom. The van der Waals surface area contributed by atoms with Gasteiger partial charge in [-0.3, -0.25) is 0 Å². The van der Waals surface area contributed by atoms with E-state index in [2.05, 4.69) is 5.10 Å². The average Bonchev–Trinajstić information content (AvgIpc) is 2.68. The number of hydrogen-bond acceptors (Lipinski definition) is 2. The van der Waals surface area contributed by atoms with Crippen LogP contribution in [0.4, 0.5) is 0 Å². The van der Waals surface area contributed by atoms with Crippen LogP contribution in [0.2, 0.25) is 5.15 Å². The van der Waals surface area contributed by atoms with Gasteiger partial charge in [-0.05, 0) is 18.1 Å². The van der Waals surface area contributed by atoms with Crippen LogP contribution >= 0.6 is 11.6 Å². The number of rotatable bonds is 3. The Kier molecular flexibility index (Phi) is 3.39. The molecule has 18 heavy (non-hydrogen) atoms. The number of carbonyl (C=O) groups is 1. The summed E-state index contributed by atoms with van der Waals surface area (Å²) in [5.41, 5.74) is 1.32. The van der Waals surface area contributed by atoms with E-state index in [9.17, 15) is 9.90 Å². The van der Waals surface area contributed by atoms with E-state index in [-0.39, 0.29) is 16.6 Å². The molecule has 0 unspecified atom stereocenters. The predicted molar refractivity (Wildman–Crippen MR) is 69.6 cm³/mol. The molecule has 0 amide bonds. The first-order valence-corrected chi connectivity index (χ1v) is 5.97. The molecule has 0 atom stereocenters. The molecule has 0 aliphatic rings. The van der Waals surface area contributed by atoms with E-state index < -0.39 is 5.97 Å². The molecule has 2 aromatic rings. The number of carboxylic acid groups (broad SMARTS) is 1. The first-order valence-electron chi connectivity index (χ1n) is 5.59. The lowest BCUT2D eigenvalue weighted by Crippen LogP contribution is -2.01. The van der Waals surface area contributed by atoms with Gasteiger partial charge in [0.05, 0.1) is 11.4 Å². The quantitative estimate of drug-likeness (QED) is 0.925. The molecule has 0 aliphatic heterocycles. The summed E-state index contributed by atoms with van der Waals surface area (Å²) in [5.74, 6) is -1.05. The van der Waals surface area contributed by atoms with Crippen molar-refractivity contribution in [2.24, 2.45) is 0 Å². The number of benzene rings is 1. The fourth-order valence-electron chi connectivity index (χ4n) is 1.76. The molecule has 0 saturated carbocycles. The summed E-state index contributed by atoms with van der Waals surface area (Å²) in [7, 11) is 0. The SMILES string of the molecule is CC(C)c1nn(-c2ccccc2)c(Cl)c1C(=O)O. The first kappa shape index (κ1) is 12.6. The van der Waals surface area contributed by atoms with Crippen LogP contribution in [-0.2, 0) is 0 Å². The minimum Gasteiger partial charge on any atom is -0.478 e. The number of para-hydroxylation sites is 1. The fraction of sp³-hybridized carbons (Fsp3) is 0.231. The first-order chi connectivity index (χ1) is 8.52. The molecule has 0 aliphatic carbocycles. The van der Waals surface area contributed by atoms with Crippen LogP contribution in [0.1, 0.15) is 35.8 Å². The molecule has 0 radical (unpaired) electrons. The highest BCUT2D eigenvalue weighted by Crippen LogP contribution is 2.28. The molecule has 1 aromatic heterocycles. The van der Waals surface area contributed by atoms with Crippen molar-refractivity contribution in [3.8, 4) is 5.69 Å². The molecule has 0 bridgehead atoms. The molecule has 1 heterocycles. The number of aromatic nitrogens is 2. The molecule has 5 heteroatoms. The van der Waals surface area contributed by atoms with Crippen molar-refractivity contribution in [2.45, 2.75) is 19.8 Å². The maximum atomic E-state index is 11.3. The lowest BCUT2D eigenvalue weighted by Gasteiger charge is -2.02. The van der Waals surface area contributed by atoms with Gasteiger partial charge in [0.1, 0.15) is 10.7 Å². The van der Waals surface area contributed by atoms with Crippen LogP contribution in [0.15, 0.2) is 30.3 Å². The van der Waals surface area contributed by atoms with Gasteiger partial charge in [-0.1, -0.05) is 43.6 Å². The summed E-state index contributed by atoms with van der Waals surface area (Å²) < 4.78 is 1.46. The van der Waals surface area contributed by atoms with Crippen LogP contribution in [-0.4, -0.2) is 20.9 Å².